The van der Waals surface area contributed by atoms with E-state index in [-0.39, 0.29) is 0 Å². The largest absolute Gasteiger partial charge is 0.494 e. The van der Waals surface area contributed by atoms with Crippen molar-refractivity contribution < 1.29 is 5.11 Å². The fraction of sp³-hybridized carbons (Fsp3) is 0.0952. The van der Waals surface area contributed by atoms with Gasteiger partial charge in [-0.05, 0) is 47.9 Å². The van der Waals surface area contributed by atoms with Crippen molar-refractivity contribution in [2.75, 3.05) is 0 Å². The first-order valence-corrected chi connectivity index (χ1v) is 7.98. The molecule has 0 aliphatic heterocycles. The first-order valence-electron chi connectivity index (χ1n) is 7.98. The van der Waals surface area contributed by atoms with Crippen LogP contribution in [0.2, 0.25) is 0 Å². The van der Waals surface area contributed by atoms with Gasteiger partial charge in [-0.25, -0.2) is 0 Å². The maximum Gasteiger partial charge on any atom is 0.199 e. The SMILES string of the molecule is Cc1ccc(Cn2cc3cc(-c4ccncc4)ccc3c2O)cc1. The molecule has 2 aromatic carbocycles. The minimum Gasteiger partial charge on any atom is -0.494 e. The van der Waals surface area contributed by atoms with E-state index in [0.29, 0.717) is 12.4 Å². The van der Waals surface area contributed by atoms with Crippen LogP contribution in [0.4, 0.5) is 0 Å². The molecule has 0 spiro atoms. The lowest BCUT2D eigenvalue weighted by Crippen LogP contribution is -1.96. The van der Waals surface area contributed by atoms with Gasteiger partial charge in [-0.1, -0.05) is 35.9 Å². The van der Waals surface area contributed by atoms with Gasteiger partial charge in [0.05, 0.1) is 6.54 Å². The van der Waals surface area contributed by atoms with Crippen LogP contribution in [0.5, 0.6) is 5.88 Å². The lowest BCUT2D eigenvalue weighted by Gasteiger charge is -2.05. The third-order valence-electron chi connectivity index (χ3n) is 4.35. The Hall–Kier alpha value is -3.07. The molecular weight excluding hydrogens is 296 g/mol. The van der Waals surface area contributed by atoms with Crippen LogP contribution in [-0.2, 0) is 6.54 Å². The Morgan fingerprint density at radius 2 is 1.67 bits per heavy atom. The quantitative estimate of drug-likeness (QED) is 0.592. The fourth-order valence-electron chi connectivity index (χ4n) is 2.99. The summed E-state index contributed by atoms with van der Waals surface area (Å²) in [7, 11) is 0. The monoisotopic (exact) mass is 314 g/mol. The van der Waals surface area contributed by atoms with Crippen molar-refractivity contribution in [1.82, 2.24) is 9.55 Å². The van der Waals surface area contributed by atoms with Gasteiger partial charge in [-0.15, -0.1) is 0 Å². The van der Waals surface area contributed by atoms with E-state index in [1.807, 2.05) is 35.0 Å². The number of hydrogen-bond donors (Lipinski definition) is 1. The molecule has 0 atom stereocenters. The van der Waals surface area contributed by atoms with Crippen LogP contribution >= 0.6 is 0 Å². The molecule has 3 heteroatoms. The van der Waals surface area contributed by atoms with Gasteiger partial charge in [-0.2, -0.15) is 0 Å². The highest BCUT2D eigenvalue weighted by molar-refractivity contribution is 5.91. The summed E-state index contributed by atoms with van der Waals surface area (Å²) < 4.78 is 1.89. The summed E-state index contributed by atoms with van der Waals surface area (Å²) >= 11 is 0. The number of aryl methyl sites for hydroxylation is 1. The Balaban J connectivity index is 1.73. The van der Waals surface area contributed by atoms with Crippen molar-refractivity contribution in [1.29, 1.82) is 0 Å². The second-order valence-corrected chi connectivity index (χ2v) is 6.10. The Morgan fingerprint density at radius 3 is 2.42 bits per heavy atom. The van der Waals surface area contributed by atoms with Crippen molar-refractivity contribution in [3.05, 3.63) is 84.3 Å². The third kappa shape index (κ3) is 2.65. The van der Waals surface area contributed by atoms with Crippen LogP contribution in [0.1, 0.15) is 11.1 Å². The number of benzene rings is 2. The molecule has 1 N–H and O–H groups in total. The summed E-state index contributed by atoms with van der Waals surface area (Å²) in [4.78, 5) is 4.06. The maximum absolute atomic E-state index is 10.5. The molecule has 0 radical (unpaired) electrons. The summed E-state index contributed by atoms with van der Waals surface area (Å²) in [6.45, 7) is 2.73. The molecule has 0 aliphatic rings. The lowest BCUT2D eigenvalue weighted by atomic mass is 10.0. The van der Waals surface area contributed by atoms with Crippen LogP contribution in [0.15, 0.2) is 73.2 Å². The second-order valence-electron chi connectivity index (χ2n) is 6.10. The molecule has 0 aliphatic carbocycles. The topological polar surface area (TPSA) is 38.0 Å². The molecule has 118 valence electrons. The number of pyridine rings is 1. The maximum atomic E-state index is 10.5. The zero-order valence-corrected chi connectivity index (χ0v) is 13.5. The van der Waals surface area contributed by atoms with E-state index in [1.54, 1.807) is 12.4 Å². The average Bonchev–Trinajstić information content (AvgIpc) is 2.93. The van der Waals surface area contributed by atoms with Crippen LogP contribution < -0.4 is 0 Å². The number of nitrogens with zero attached hydrogens (tertiary/aromatic N) is 2. The minimum atomic E-state index is 0.312. The van der Waals surface area contributed by atoms with Crippen molar-refractivity contribution in [2.24, 2.45) is 0 Å². The molecule has 0 saturated carbocycles. The van der Waals surface area contributed by atoms with Crippen molar-refractivity contribution in [3.8, 4) is 17.0 Å². The van der Waals surface area contributed by atoms with E-state index in [1.165, 1.54) is 11.1 Å². The molecule has 2 aromatic heterocycles. The van der Waals surface area contributed by atoms with Crippen LogP contribution in [-0.4, -0.2) is 14.7 Å². The van der Waals surface area contributed by atoms with E-state index in [0.717, 1.165) is 21.9 Å². The zero-order chi connectivity index (χ0) is 16.5. The second kappa shape index (κ2) is 5.85. The molecular formula is C21H18N2O. The molecule has 3 nitrogen and oxygen atoms in total. The van der Waals surface area contributed by atoms with E-state index < -0.39 is 0 Å². The number of aromatic nitrogens is 2. The third-order valence-corrected chi connectivity index (χ3v) is 4.35. The first kappa shape index (κ1) is 14.5. The van der Waals surface area contributed by atoms with E-state index in [4.69, 9.17) is 0 Å². The van der Waals surface area contributed by atoms with Gasteiger partial charge < -0.3 is 9.67 Å². The number of aromatic hydroxyl groups is 1. The van der Waals surface area contributed by atoms with Gasteiger partial charge in [0, 0.05) is 29.4 Å². The van der Waals surface area contributed by atoms with E-state index in [9.17, 15) is 5.11 Å². The summed E-state index contributed by atoms with van der Waals surface area (Å²) in [5, 5.41) is 12.4. The van der Waals surface area contributed by atoms with Gasteiger partial charge in [0.15, 0.2) is 5.88 Å². The van der Waals surface area contributed by atoms with Crippen LogP contribution in [0.3, 0.4) is 0 Å². The summed E-state index contributed by atoms with van der Waals surface area (Å²) in [5.74, 6) is 0.312. The molecule has 0 amide bonds. The van der Waals surface area contributed by atoms with Crippen LogP contribution in [0.25, 0.3) is 21.9 Å². The molecule has 24 heavy (non-hydrogen) atoms. The normalized spacial score (nSPS) is 11.0. The first-order chi connectivity index (χ1) is 11.7. The molecule has 0 bridgehead atoms. The Morgan fingerprint density at radius 1 is 0.917 bits per heavy atom. The highest BCUT2D eigenvalue weighted by atomic mass is 16.3. The fourth-order valence-corrected chi connectivity index (χ4v) is 2.99. The Kier molecular flexibility index (Phi) is 3.54. The Bertz CT molecular complexity index is 986. The van der Waals surface area contributed by atoms with Gasteiger partial charge >= 0.3 is 0 Å². The minimum absolute atomic E-state index is 0.312. The summed E-state index contributed by atoms with van der Waals surface area (Å²) in [5.41, 5.74) is 4.66. The highest BCUT2D eigenvalue weighted by Crippen LogP contribution is 2.31. The molecule has 4 rings (SSSR count). The number of fused-ring (bicyclic) bond motifs is 1. The zero-order valence-electron chi connectivity index (χ0n) is 13.5. The molecule has 0 unspecified atom stereocenters. The number of rotatable bonds is 3. The molecule has 0 fully saturated rings. The van der Waals surface area contributed by atoms with Gasteiger partial charge in [0.2, 0.25) is 0 Å². The molecule has 4 aromatic rings. The molecule has 2 heterocycles. The van der Waals surface area contributed by atoms with Crippen molar-refractivity contribution in [2.45, 2.75) is 13.5 Å². The van der Waals surface area contributed by atoms with Crippen molar-refractivity contribution in [3.63, 3.8) is 0 Å². The van der Waals surface area contributed by atoms with Gasteiger partial charge in [0.25, 0.3) is 0 Å². The van der Waals surface area contributed by atoms with Crippen LogP contribution in [0, 0.1) is 6.92 Å². The molecule has 0 saturated heterocycles. The van der Waals surface area contributed by atoms with Gasteiger partial charge in [0.1, 0.15) is 0 Å². The summed E-state index contributed by atoms with van der Waals surface area (Å²) in [6.07, 6.45) is 5.59. The number of hydrogen-bond acceptors (Lipinski definition) is 2. The highest BCUT2D eigenvalue weighted by Gasteiger charge is 2.10. The van der Waals surface area contributed by atoms with Gasteiger partial charge in [-0.3, -0.25) is 4.98 Å². The Labute approximate surface area is 140 Å². The average molecular weight is 314 g/mol. The predicted molar refractivity (Wildman–Crippen MR) is 97.1 cm³/mol. The standard InChI is InChI=1S/C21H18N2O/c1-15-2-4-16(5-3-15)13-23-14-19-12-18(6-7-20(19)21(23)24)17-8-10-22-11-9-17/h2-12,14,24H,13H2,1H3. The smallest absolute Gasteiger partial charge is 0.199 e. The van der Waals surface area contributed by atoms with E-state index >= 15 is 0 Å². The summed E-state index contributed by atoms with van der Waals surface area (Å²) in [6, 6.07) is 18.5. The predicted octanol–water partition coefficient (Wildman–Crippen LogP) is 4.77. The van der Waals surface area contributed by atoms with E-state index in [2.05, 4.69) is 42.2 Å². The van der Waals surface area contributed by atoms with Crippen molar-refractivity contribution >= 4 is 10.8 Å². The lowest BCUT2D eigenvalue weighted by molar-refractivity contribution is 0.430.